The molecule has 1 aliphatic carbocycles. The fourth-order valence-corrected chi connectivity index (χ4v) is 3.04. The van der Waals surface area contributed by atoms with E-state index in [0.29, 0.717) is 0 Å². The van der Waals surface area contributed by atoms with Crippen LogP contribution < -0.4 is 5.32 Å². The van der Waals surface area contributed by atoms with Crippen LogP contribution in [0.25, 0.3) is 0 Å². The highest BCUT2D eigenvalue weighted by atomic mass is 15.1. The normalized spacial score (nSPS) is 24.8. The summed E-state index contributed by atoms with van der Waals surface area (Å²) < 4.78 is 2.13. The third kappa shape index (κ3) is 3.80. The van der Waals surface area contributed by atoms with E-state index in [4.69, 9.17) is 0 Å². The monoisotopic (exact) mass is 262 g/mol. The number of rotatable bonds is 6. The first-order valence-corrected chi connectivity index (χ1v) is 7.73. The first-order valence-electron chi connectivity index (χ1n) is 7.73. The SMILES string of the molecule is Cn1ccnc1CCN1CCCC(CNC2CC2)C1. The molecule has 1 saturated carbocycles. The average Bonchev–Trinajstić information content (AvgIpc) is 3.17. The molecule has 4 nitrogen and oxygen atoms in total. The number of hydrogen-bond acceptors (Lipinski definition) is 3. The Kier molecular flexibility index (Phi) is 4.18. The standard InChI is InChI=1S/C15H26N4/c1-18-10-7-16-15(18)6-9-19-8-2-3-13(12-19)11-17-14-4-5-14/h7,10,13-14,17H,2-6,8-9,11-12H2,1H3. The maximum absolute atomic E-state index is 4.41. The van der Waals surface area contributed by atoms with Gasteiger partial charge in [-0.3, -0.25) is 0 Å². The van der Waals surface area contributed by atoms with E-state index in [1.165, 1.54) is 51.1 Å². The molecule has 2 aliphatic rings. The Bertz CT molecular complexity index is 397. The first kappa shape index (κ1) is 13.1. The first-order chi connectivity index (χ1) is 9.31. The van der Waals surface area contributed by atoms with Gasteiger partial charge in [0.25, 0.3) is 0 Å². The van der Waals surface area contributed by atoms with Crippen LogP contribution in [0.15, 0.2) is 12.4 Å². The van der Waals surface area contributed by atoms with E-state index in [2.05, 4.69) is 26.8 Å². The maximum atomic E-state index is 4.41. The lowest BCUT2D eigenvalue weighted by Crippen LogP contribution is -2.41. The van der Waals surface area contributed by atoms with Crippen molar-refractivity contribution in [1.82, 2.24) is 19.8 Å². The fraction of sp³-hybridized carbons (Fsp3) is 0.800. The highest BCUT2D eigenvalue weighted by Crippen LogP contribution is 2.21. The third-order valence-corrected chi connectivity index (χ3v) is 4.45. The summed E-state index contributed by atoms with van der Waals surface area (Å²) in [6.45, 7) is 4.92. The summed E-state index contributed by atoms with van der Waals surface area (Å²) >= 11 is 0. The van der Waals surface area contributed by atoms with Gasteiger partial charge in [-0.2, -0.15) is 0 Å². The predicted octanol–water partition coefficient (Wildman–Crippen LogP) is 1.43. The number of hydrogen-bond donors (Lipinski definition) is 1. The zero-order valence-electron chi connectivity index (χ0n) is 12.0. The predicted molar refractivity (Wildman–Crippen MR) is 77.1 cm³/mol. The molecule has 106 valence electrons. The van der Waals surface area contributed by atoms with Gasteiger partial charge in [0.2, 0.25) is 0 Å². The molecule has 0 amide bonds. The molecule has 4 heteroatoms. The second kappa shape index (κ2) is 6.06. The van der Waals surface area contributed by atoms with Crippen LogP contribution in [0.2, 0.25) is 0 Å². The van der Waals surface area contributed by atoms with Crippen LogP contribution in [0, 0.1) is 5.92 Å². The van der Waals surface area contributed by atoms with Crippen LogP contribution in [-0.4, -0.2) is 46.7 Å². The zero-order chi connectivity index (χ0) is 13.1. The minimum Gasteiger partial charge on any atom is -0.338 e. The lowest BCUT2D eigenvalue weighted by molar-refractivity contribution is 0.173. The van der Waals surface area contributed by atoms with Crippen LogP contribution in [0.4, 0.5) is 0 Å². The molecule has 2 heterocycles. The van der Waals surface area contributed by atoms with E-state index in [0.717, 1.165) is 24.9 Å². The van der Waals surface area contributed by atoms with Crippen LogP contribution in [0.3, 0.4) is 0 Å². The minimum absolute atomic E-state index is 0.850. The Hall–Kier alpha value is -0.870. The van der Waals surface area contributed by atoms with E-state index in [9.17, 15) is 0 Å². The van der Waals surface area contributed by atoms with Crippen molar-refractivity contribution >= 4 is 0 Å². The van der Waals surface area contributed by atoms with Crippen LogP contribution in [-0.2, 0) is 13.5 Å². The number of aryl methyl sites for hydroxylation is 1. The zero-order valence-corrected chi connectivity index (χ0v) is 12.0. The van der Waals surface area contributed by atoms with Crippen molar-refractivity contribution in [3.8, 4) is 0 Å². The molecule has 0 aromatic carbocycles. The van der Waals surface area contributed by atoms with Gasteiger partial charge in [-0.25, -0.2) is 4.98 Å². The lowest BCUT2D eigenvalue weighted by Gasteiger charge is -2.32. The maximum Gasteiger partial charge on any atom is 0.109 e. The number of likely N-dealkylation sites (tertiary alicyclic amines) is 1. The van der Waals surface area contributed by atoms with Crippen LogP contribution in [0.1, 0.15) is 31.5 Å². The smallest absolute Gasteiger partial charge is 0.109 e. The summed E-state index contributed by atoms with van der Waals surface area (Å²) in [5, 5.41) is 3.68. The molecular weight excluding hydrogens is 236 g/mol. The van der Waals surface area contributed by atoms with Gasteiger partial charge in [0.1, 0.15) is 5.82 Å². The lowest BCUT2D eigenvalue weighted by atomic mass is 9.98. The molecule has 1 atom stereocenters. The fourth-order valence-electron chi connectivity index (χ4n) is 3.04. The summed E-state index contributed by atoms with van der Waals surface area (Å²) in [5.41, 5.74) is 0. The Morgan fingerprint density at radius 1 is 1.37 bits per heavy atom. The van der Waals surface area contributed by atoms with Gasteiger partial charge in [0.05, 0.1) is 0 Å². The van der Waals surface area contributed by atoms with Crippen molar-refractivity contribution in [3.05, 3.63) is 18.2 Å². The van der Waals surface area contributed by atoms with Crippen molar-refractivity contribution in [1.29, 1.82) is 0 Å². The molecule has 19 heavy (non-hydrogen) atoms. The van der Waals surface area contributed by atoms with Gasteiger partial charge in [0.15, 0.2) is 0 Å². The second-order valence-electron chi connectivity index (χ2n) is 6.20. The van der Waals surface area contributed by atoms with Gasteiger partial charge in [0, 0.05) is 45.0 Å². The summed E-state index contributed by atoms with van der Waals surface area (Å²) in [5.74, 6) is 2.06. The number of aromatic nitrogens is 2. The van der Waals surface area contributed by atoms with E-state index in [-0.39, 0.29) is 0 Å². The Balaban J connectivity index is 1.41. The number of nitrogens with zero attached hydrogens (tertiary/aromatic N) is 3. The molecule has 0 radical (unpaired) electrons. The summed E-state index contributed by atoms with van der Waals surface area (Å²) in [4.78, 5) is 7.03. The van der Waals surface area contributed by atoms with Crippen LogP contribution >= 0.6 is 0 Å². The molecule has 1 saturated heterocycles. The quantitative estimate of drug-likeness (QED) is 0.842. The summed E-state index contributed by atoms with van der Waals surface area (Å²) in [6, 6.07) is 0.850. The van der Waals surface area contributed by atoms with Crippen LogP contribution in [0.5, 0.6) is 0 Å². The van der Waals surface area contributed by atoms with Gasteiger partial charge < -0.3 is 14.8 Å². The van der Waals surface area contributed by atoms with Gasteiger partial charge in [-0.15, -0.1) is 0 Å². The number of imidazole rings is 1. The van der Waals surface area contributed by atoms with Crippen molar-refractivity contribution in [3.63, 3.8) is 0 Å². The van der Waals surface area contributed by atoms with Crippen molar-refractivity contribution in [2.24, 2.45) is 13.0 Å². The van der Waals surface area contributed by atoms with Gasteiger partial charge >= 0.3 is 0 Å². The molecule has 1 N–H and O–H groups in total. The topological polar surface area (TPSA) is 33.1 Å². The molecule has 1 aromatic rings. The Morgan fingerprint density at radius 2 is 2.26 bits per heavy atom. The van der Waals surface area contributed by atoms with Crippen molar-refractivity contribution in [2.75, 3.05) is 26.2 Å². The van der Waals surface area contributed by atoms with E-state index < -0.39 is 0 Å². The number of nitrogens with one attached hydrogen (secondary N) is 1. The van der Waals surface area contributed by atoms with E-state index in [1.807, 2.05) is 12.4 Å². The third-order valence-electron chi connectivity index (χ3n) is 4.45. The highest BCUT2D eigenvalue weighted by molar-refractivity contribution is 4.92. The van der Waals surface area contributed by atoms with E-state index >= 15 is 0 Å². The highest BCUT2D eigenvalue weighted by Gasteiger charge is 2.24. The average molecular weight is 262 g/mol. The molecule has 1 unspecified atom stereocenters. The Morgan fingerprint density at radius 3 is 3.00 bits per heavy atom. The van der Waals surface area contributed by atoms with Crippen molar-refractivity contribution < 1.29 is 0 Å². The molecule has 1 aromatic heterocycles. The largest absolute Gasteiger partial charge is 0.338 e. The molecule has 1 aliphatic heterocycles. The molecule has 3 rings (SSSR count). The summed E-state index contributed by atoms with van der Waals surface area (Å²) in [7, 11) is 2.08. The number of piperidine rings is 1. The summed E-state index contributed by atoms with van der Waals surface area (Å²) in [6.07, 6.45) is 10.6. The second-order valence-corrected chi connectivity index (χ2v) is 6.20. The molecule has 2 fully saturated rings. The molecular formula is C15H26N4. The van der Waals surface area contributed by atoms with Gasteiger partial charge in [-0.1, -0.05) is 0 Å². The van der Waals surface area contributed by atoms with Crippen molar-refractivity contribution in [2.45, 2.75) is 38.1 Å². The van der Waals surface area contributed by atoms with E-state index in [1.54, 1.807) is 0 Å². The molecule has 0 spiro atoms. The Labute approximate surface area is 116 Å². The molecule has 0 bridgehead atoms. The minimum atomic E-state index is 0.850. The van der Waals surface area contributed by atoms with Gasteiger partial charge in [-0.05, 0) is 44.7 Å².